The van der Waals surface area contributed by atoms with Crippen molar-refractivity contribution < 1.29 is 24.2 Å². The number of Topliss-reactive ketones (excluding diaryl/α,β-unsaturated/α-hetero) is 1. The molecular formula is C24H33BrO5. The first kappa shape index (κ1) is 22.2. The molecule has 7 atom stereocenters. The van der Waals surface area contributed by atoms with Crippen molar-refractivity contribution in [3.63, 3.8) is 0 Å². The van der Waals surface area contributed by atoms with E-state index in [2.05, 4.69) is 29.8 Å². The number of rotatable bonds is 4. The van der Waals surface area contributed by atoms with E-state index in [1.807, 2.05) is 6.08 Å². The third kappa shape index (κ3) is 2.92. The molecule has 6 heteroatoms. The molecule has 0 aromatic heterocycles. The normalized spacial score (nSPS) is 45.1. The minimum Gasteiger partial charge on any atom is -0.450 e. The second-order valence-electron chi connectivity index (χ2n) is 10.3. The molecule has 1 N–H and O–H groups in total. The summed E-state index contributed by atoms with van der Waals surface area (Å²) in [6, 6.07) is 0. The lowest BCUT2D eigenvalue weighted by atomic mass is 9.45. The van der Waals surface area contributed by atoms with Gasteiger partial charge in [-0.15, -0.1) is 0 Å². The van der Waals surface area contributed by atoms with Crippen LogP contribution in [0.4, 0.5) is 0 Å². The maximum atomic E-state index is 13.2. The average molecular weight is 481 g/mol. The zero-order chi connectivity index (χ0) is 21.9. The molecule has 0 aliphatic heterocycles. The van der Waals surface area contributed by atoms with Crippen molar-refractivity contribution in [2.24, 2.45) is 28.6 Å². The van der Waals surface area contributed by atoms with E-state index in [9.17, 15) is 19.5 Å². The van der Waals surface area contributed by atoms with Gasteiger partial charge in [-0.25, -0.2) is 0 Å². The minimum atomic E-state index is -1.17. The number of esters is 1. The van der Waals surface area contributed by atoms with Gasteiger partial charge in [-0.3, -0.25) is 14.4 Å². The van der Waals surface area contributed by atoms with Crippen molar-refractivity contribution in [1.82, 2.24) is 0 Å². The fourth-order valence-corrected chi connectivity index (χ4v) is 8.19. The summed E-state index contributed by atoms with van der Waals surface area (Å²) in [5, 5.41) is 11.6. The van der Waals surface area contributed by atoms with Crippen molar-refractivity contribution >= 4 is 33.5 Å². The fraction of sp³-hybridized carbons (Fsp3) is 0.792. The van der Waals surface area contributed by atoms with Crippen LogP contribution in [-0.2, 0) is 19.1 Å². The maximum Gasteiger partial charge on any atom is 0.306 e. The molecule has 4 aliphatic carbocycles. The third-order valence-electron chi connectivity index (χ3n) is 9.16. The second-order valence-corrected chi connectivity index (χ2v) is 10.9. The smallest absolute Gasteiger partial charge is 0.306 e. The quantitative estimate of drug-likeness (QED) is 0.482. The molecule has 0 bridgehead atoms. The van der Waals surface area contributed by atoms with Gasteiger partial charge in [-0.05, 0) is 67.8 Å². The van der Waals surface area contributed by atoms with E-state index >= 15 is 0 Å². The van der Waals surface area contributed by atoms with Crippen LogP contribution in [0, 0.1) is 28.6 Å². The average Bonchev–Trinajstić information content (AvgIpc) is 3.00. The van der Waals surface area contributed by atoms with Crippen molar-refractivity contribution in [2.45, 2.75) is 83.8 Å². The number of carbonyl (C=O) groups excluding carboxylic acids is 3. The molecule has 0 heterocycles. The lowest BCUT2D eigenvalue weighted by Gasteiger charge is -2.60. The van der Waals surface area contributed by atoms with Crippen LogP contribution in [0.5, 0.6) is 0 Å². The zero-order valence-electron chi connectivity index (χ0n) is 18.2. The van der Waals surface area contributed by atoms with Crippen molar-refractivity contribution in [2.75, 3.05) is 5.33 Å². The molecule has 4 rings (SSSR count). The van der Waals surface area contributed by atoms with Crippen LogP contribution in [0.15, 0.2) is 11.6 Å². The Morgan fingerprint density at radius 1 is 1.23 bits per heavy atom. The van der Waals surface area contributed by atoms with Crippen LogP contribution in [0.2, 0.25) is 0 Å². The van der Waals surface area contributed by atoms with E-state index in [1.165, 1.54) is 5.57 Å². The van der Waals surface area contributed by atoms with E-state index in [0.717, 1.165) is 25.7 Å². The molecular weight excluding hydrogens is 448 g/mol. The molecule has 0 spiro atoms. The lowest BCUT2D eigenvalue weighted by Crippen LogP contribution is -2.63. The van der Waals surface area contributed by atoms with Gasteiger partial charge in [0.2, 0.25) is 0 Å². The summed E-state index contributed by atoms with van der Waals surface area (Å²) >= 11 is 3.31. The molecule has 0 radical (unpaired) electrons. The highest BCUT2D eigenvalue weighted by atomic mass is 79.9. The Morgan fingerprint density at radius 2 is 1.97 bits per heavy atom. The summed E-state index contributed by atoms with van der Waals surface area (Å²) in [6.45, 7) is 6.03. The number of carbonyl (C=O) groups is 3. The molecule has 0 aromatic carbocycles. The number of alkyl halides is 1. The minimum absolute atomic E-state index is 0.0837. The van der Waals surface area contributed by atoms with Gasteiger partial charge in [0.15, 0.2) is 17.2 Å². The highest BCUT2D eigenvalue weighted by molar-refractivity contribution is 9.09. The van der Waals surface area contributed by atoms with Gasteiger partial charge >= 0.3 is 5.97 Å². The van der Waals surface area contributed by atoms with Crippen LogP contribution in [0.25, 0.3) is 0 Å². The van der Waals surface area contributed by atoms with Gasteiger partial charge in [0, 0.05) is 18.3 Å². The molecule has 166 valence electrons. The van der Waals surface area contributed by atoms with Crippen molar-refractivity contribution in [3.05, 3.63) is 11.6 Å². The van der Waals surface area contributed by atoms with Crippen LogP contribution in [-0.4, -0.2) is 39.7 Å². The lowest BCUT2D eigenvalue weighted by molar-refractivity contribution is -0.199. The number of hydrogen-bond acceptors (Lipinski definition) is 5. The first-order valence-corrected chi connectivity index (χ1v) is 12.5. The topological polar surface area (TPSA) is 80.7 Å². The number of halogens is 1. The predicted octanol–water partition coefficient (Wildman–Crippen LogP) is 4.15. The van der Waals surface area contributed by atoms with E-state index < -0.39 is 17.1 Å². The van der Waals surface area contributed by atoms with Crippen molar-refractivity contribution in [3.8, 4) is 0 Å². The molecule has 0 aromatic rings. The maximum absolute atomic E-state index is 13.2. The van der Waals surface area contributed by atoms with Gasteiger partial charge in [0.05, 0.1) is 11.4 Å². The summed E-state index contributed by atoms with van der Waals surface area (Å²) in [4.78, 5) is 37.6. The van der Waals surface area contributed by atoms with E-state index in [1.54, 1.807) is 6.92 Å². The monoisotopic (exact) mass is 480 g/mol. The molecule has 0 amide bonds. The van der Waals surface area contributed by atoms with E-state index in [-0.39, 0.29) is 52.5 Å². The van der Waals surface area contributed by atoms with E-state index in [0.29, 0.717) is 19.3 Å². The Bertz CT molecular complexity index is 805. The summed E-state index contributed by atoms with van der Waals surface area (Å²) < 4.78 is 5.96. The highest BCUT2D eigenvalue weighted by Gasteiger charge is 2.70. The number of ketones is 2. The molecule has 3 fully saturated rings. The summed E-state index contributed by atoms with van der Waals surface area (Å²) in [7, 11) is 0. The number of aliphatic hydroxyl groups is 1. The summed E-state index contributed by atoms with van der Waals surface area (Å²) in [6.07, 6.45) is 6.39. The number of aliphatic hydroxyl groups excluding tert-OH is 1. The van der Waals surface area contributed by atoms with Gasteiger partial charge in [-0.2, -0.15) is 0 Å². The predicted molar refractivity (Wildman–Crippen MR) is 116 cm³/mol. The van der Waals surface area contributed by atoms with Crippen LogP contribution in [0.1, 0.15) is 72.1 Å². The Hall–Kier alpha value is -1.01. The second kappa shape index (κ2) is 7.54. The van der Waals surface area contributed by atoms with Crippen LogP contribution in [0.3, 0.4) is 0 Å². The summed E-state index contributed by atoms with van der Waals surface area (Å²) in [5.41, 5.74) is -0.714. The third-order valence-corrected chi connectivity index (χ3v) is 9.67. The number of allylic oxidation sites excluding steroid dienone is 1. The van der Waals surface area contributed by atoms with Crippen molar-refractivity contribution in [1.29, 1.82) is 0 Å². The molecule has 3 saturated carbocycles. The Kier molecular flexibility index (Phi) is 5.58. The van der Waals surface area contributed by atoms with Gasteiger partial charge < -0.3 is 9.84 Å². The first-order valence-electron chi connectivity index (χ1n) is 11.4. The molecule has 30 heavy (non-hydrogen) atoms. The molecule has 4 aliphatic rings. The highest BCUT2D eigenvalue weighted by Crippen LogP contribution is 2.68. The molecule has 0 unspecified atom stereocenters. The van der Waals surface area contributed by atoms with Gasteiger partial charge in [0.25, 0.3) is 0 Å². The van der Waals surface area contributed by atoms with E-state index in [4.69, 9.17) is 4.74 Å². The Morgan fingerprint density at radius 3 is 2.63 bits per heavy atom. The van der Waals surface area contributed by atoms with Gasteiger partial charge in [-0.1, -0.05) is 42.3 Å². The van der Waals surface area contributed by atoms with Gasteiger partial charge in [0.1, 0.15) is 0 Å². The fourth-order valence-electron chi connectivity index (χ4n) is 7.73. The number of ether oxygens (including phenoxy) is 1. The number of hydrogen-bond donors (Lipinski definition) is 1. The first-order chi connectivity index (χ1) is 14.1. The largest absolute Gasteiger partial charge is 0.450 e. The summed E-state index contributed by atoms with van der Waals surface area (Å²) in [5.74, 6) is 0.319. The SMILES string of the molecule is CCC(=O)O[C@@]1(C(=O)CBr)CC[C@H]2[C@@H]3CCC4=CC(=O)CC[C@]4(C)[C@H]3[C@@H](O)C[C@@]21C. The molecule has 0 saturated heterocycles. The standard InChI is InChI=1S/C24H33BrO5/c1-4-20(29)30-24(19(28)13-25)10-8-17-16-6-5-14-11-15(26)7-9-22(14,2)21(16)18(27)12-23(17,24)3/h11,16-18,21,27H,4-10,12-13H2,1-3H3/t16-,17-,18-,21+,22-,23-,24+/m0/s1. The molecule has 5 nitrogen and oxygen atoms in total. The Labute approximate surface area is 187 Å². The number of fused-ring (bicyclic) bond motifs is 5. The van der Waals surface area contributed by atoms with Crippen LogP contribution < -0.4 is 0 Å². The Balaban J connectivity index is 1.75. The zero-order valence-corrected chi connectivity index (χ0v) is 19.8. The van der Waals surface area contributed by atoms with Crippen LogP contribution >= 0.6 is 15.9 Å².